The Balaban J connectivity index is 4.92. The molecule has 18 heavy (non-hydrogen) atoms. The van der Waals surface area contributed by atoms with Crippen molar-refractivity contribution in [1.29, 1.82) is 0 Å². The molecule has 0 aliphatic rings. The van der Waals surface area contributed by atoms with Crippen LogP contribution in [0, 0.1) is 0 Å². The summed E-state index contributed by atoms with van der Waals surface area (Å²) in [6, 6.07) is 0. The minimum absolute atomic E-state index is 0.404. The molecule has 0 aliphatic heterocycles. The topological polar surface area (TPSA) is 44.8 Å². The number of unbranched alkanes of at least 4 members (excludes halogenated alkanes) is 1. The number of hydrogen-bond acceptors (Lipinski definition) is 4. The highest BCUT2D eigenvalue weighted by molar-refractivity contribution is 9.09. The Morgan fingerprint density at radius 2 is 1.61 bits per heavy atom. The van der Waals surface area contributed by atoms with Crippen molar-refractivity contribution in [2.75, 3.05) is 31.3 Å². The first-order valence-electron chi connectivity index (χ1n) is 6.57. The molecule has 0 amide bonds. The summed E-state index contributed by atoms with van der Waals surface area (Å²) in [5, 5.41) is 0.902. The number of ether oxygens (including phenoxy) is 2. The fraction of sp³-hybridized carbons (Fsp3) is 1.00. The van der Waals surface area contributed by atoms with Gasteiger partial charge in [0.05, 0.1) is 6.61 Å². The number of rotatable bonds is 11. The van der Waals surface area contributed by atoms with Crippen LogP contribution >= 0.6 is 23.3 Å². The summed E-state index contributed by atoms with van der Waals surface area (Å²) in [5.74, 6) is 0. The zero-order chi connectivity index (χ0) is 14.1. The van der Waals surface area contributed by atoms with E-state index in [4.69, 9.17) is 14.0 Å². The molecule has 0 fully saturated rings. The van der Waals surface area contributed by atoms with Gasteiger partial charge in [0.15, 0.2) is 0 Å². The van der Waals surface area contributed by atoms with Gasteiger partial charge in [-0.2, -0.15) is 0 Å². The van der Waals surface area contributed by atoms with Crippen molar-refractivity contribution in [2.45, 2.75) is 46.1 Å². The first-order valence-corrected chi connectivity index (χ1v) is 9.50. The van der Waals surface area contributed by atoms with E-state index in [1.165, 1.54) is 0 Å². The van der Waals surface area contributed by atoms with Crippen molar-refractivity contribution in [3.63, 3.8) is 0 Å². The van der Waals surface area contributed by atoms with E-state index in [1.54, 1.807) is 6.92 Å². The van der Waals surface area contributed by atoms with Crippen LogP contribution in [-0.4, -0.2) is 36.8 Å². The van der Waals surface area contributed by atoms with E-state index < -0.39 is 12.9 Å². The van der Waals surface area contributed by atoms with E-state index in [2.05, 4.69) is 15.9 Å². The maximum atomic E-state index is 13.0. The van der Waals surface area contributed by atoms with Crippen LogP contribution in [0.5, 0.6) is 0 Å². The van der Waals surface area contributed by atoms with E-state index in [-0.39, 0.29) is 0 Å². The second-order valence-corrected chi connectivity index (χ2v) is 7.63. The minimum Gasteiger partial charge on any atom is -0.342 e. The first-order chi connectivity index (χ1) is 8.49. The SMILES string of the molecule is CCOC(C)(OCC)P(=O)(CCCCBr)OCC. The van der Waals surface area contributed by atoms with Crippen molar-refractivity contribution < 1.29 is 18.6 Å². The van der Waals surface area contributed by atoms with Crippen LogP contribution in [-0.2, 0) is 18.6 Å². The highest BCUT2D eigenvalue weighted by Crippen LogP contribution is 2.60. The van der Waals surface area contributed by atoms with Crippen LogP contribution in [0.2, 0.25) is 0 Å². The largest absolute Gasteiger partial charge is 0.342 e. The summed E-state index contributed by atoms with van der Waals surface area (Å²) >= 11 is 3.38. The second-order valence-electron chi connectivity index (χ2n) is 3.97. The van der Waals surface area contributed by atoms with Crippen LogP contribution < -0.4 is 0 Å². The summed E-state index contributed by atoms with van der Waals surface area (Å²) in [7, 11) is -2.97. The Hall–Kier alpha value is 0.590. The molecular weight excluding hydrogens is 319 g/mol. The summed E-state index contributed by atoms with van der Waals surface area (Å²) in [6.45, 7) is 8.61. The molecule has 0 saturated heterocycles. The summed E-state index contributed by atoms with van der Waals surface area (Å²) in [5.41, 5.74) is -1.13. The molecule has 0 rings (SSSR count). The molecule has 0 aromatic heterocycles. The van der Waals surface area contributed by atoms with E-state index in [0.717, 1.165) is 18.2 Å². The third-order valence-electron chi connectivity index (χ3n) is 2.62. The van der Waals surface area contributed by atoms with E-state index >= 15 is 0 Å². The molecule has 4 nitrogen and oxygen atoms in total. The fourth-order valence-electron chi connectivity index (χ4n) is 1.78. The van der Waals surface area contributed by atoms with Crippen LogP contribution in [0.15, 0.2) is 0 Å². The highest BCUT2D eigenvalue weighted by Gasteiger charge is 2.47. The van der Waals surface area contributed by atoms with Gasteiger partial charge in [0, 0.05) is 24.7 Å². The summed E-state index contributed by atoms with van der Waals surface area (Å²) in [6.07, 6.45) is 2.28. The standard InChI is InChI=1S/C12H26BrO4P/c1-5-15-12(4,16-6-2)18(14,17-7-3)11-9-8-10-13/h5-11H2,1-4H3. The van der Waals surface area contributed by atoms with Gasteiger partial charge in [-0.1, -0.05) is 15.9 Å². The molecule has 0 aromatic carbocycles. The third-order valence-corrected chi connectivity index (χ3v) is 6.25. The van der Waals surface area contributed by atoms with Crippen molar-refractivity contribution >= 4 is 23.3 Å². The van der Waals surface area contributed by atoms with Crippen LogP contribution in [0.3, 0.4) is 0 Å². The zero-order valence-electron chi connectivity index (χ0n) is 11.9. The number of halogens is 1. The number of hydrogen-bond donors (Lipinski definition) is 0. The van der Waals surface area contributed by atoms with Gasteiger partial charge in [-0.05, 0) is 40.5 Å². The molecule has 0 N–H and O–H groups in total. The lowest BCUT2D eigenvalue weighted by molar-refractivity contribution is -0.168. The normalized spacial score (nSPS) is 15.6. The van der Waals surface area contributed by atoms with Crippen LogP contribution in [0.4, 0.5) is 0 Å². The van der Waals surface area contributed by atoms with E-state index in [0.29, 0.717) is 26.0 Å². The predicted molar refractivity (Wildman–Crippen MR) is 78.8 cm³/mol. The smallest absolute Gasteiger partial charge is 0.260 e. The monoisotopic (exact) mass is 344 g/mol. The quantitative estimate of drug-likeness (QED) is 0.243. The van der Waals surface area contributed by atoms with Gasteiger partial charge in [0.2, 0.25) is 5.53 Å². The number of alkyl halides is 1. The van der Waals surface area contributed by atoms with E-state index in [1.807, 2.05) is 20.8 Å². The molecule has 110 valence electrons. The van der Waals surface area contributed by atoms with Gasteiger partial charge in [0.25, 0.3) is 7.37 Å². The fourth-order valence-corrected chi connectivity index (χ4v) is 4.66. The van der Waals surface area contributed by atoms with Gasteiger partial charge >= 0.3 is 0 Å². The lowest BCUT2D eigenvalue weighted by Crippen LogP contribution is -2.34. The molecule has 1 unspecified atom stereocenters. The molecular formula is C12H26BrO4P. The molecule has 0 radical (unpaired) electrons. The van der Waals surface area contributed by atoms with Gasteiger partial charge in [-0.15, -0.1) is 0 Å². The van der Waals surface area contributed by atoms with Crippen molar-refractivity contribution in [1.82, 2.24) is 0 Å². The van der Waals surface area contributed by atoms with E-state index in [9.17, 15) is 4.57 Å². The van der Waals surface area contributed by atoms with Crippen LogP contribution in [0.1, 0.15) is 40.5 Å². The predicted octanol–water partition coefficient (Wildman–Crippen LogP) is 4.22. The molecule has 1 atom stereocenters. The Morgan fingerprint density at radius 1 is 1.06 bits per heavy atom. The summed E-state index contributed by atoms with van der Waals surface area (Å²) < 4.78 is 29.7. The van der Waals surface area contributed by atoms with Crippen LogP contribution in [0.25, 0.3) is 0 Å². The second kappa shape index (κ2) is 9.49. The summed E-state index contributed by atoms with van der Waals surface area (Å²) in [4.78, 5) is 0. The Kier molecular flexibility index (Phi) is 9.80. The average molecular weight is 345 g/mol. The minimum atomic E-state index is -2.97. The highest BCUT2D eigenvalue weighted by atomic mass is 79.9. The first kappa shape index (κ1) is 18.6. The molecule has 0 saturated carbocycles. The third kappa shape index (κ3) is 5.30. The van der Waals surface area contributed by atoms with Gasteiger partial charge in [-0.25, -0.2) is 0 Å². The van der Waals surface area contributed by atoms with Gasteiger partial charge in [-0.3, -0.25) is 4.57 Å². The molecule has 0 aliphatic carbocycles. The molecule has 6 heteroatoms. The molecule has 0 heterocycles. The lowest BCUT2D eigenvalue weighted by atomic mass is 10.4. The van der Waals surface area contributed by atoms with Crippen molar-refractivity contribution in [3.8, 4) is 0 Å². The Bertz CT molecular complexity index is 254. The van der Waals surface area contributed by atoms with Gasteiger partial charge < -0.3 is 14.0 Å². The lowest BCUT2D eigenvalue weighted by Gasteiger charge is -2.36. The maximum Gasteiger partial charge on any atom is 0.260 e. The zero-order valence-corrected chi connectivity index (χ0v) is 14.4. The Labute approximate surface area is 119 Å². The average Bonchev–Trinajstić information content (AvgIpc) is 2.30. The molecule has 0 spiro atoms. The van der Waals surface area contributed by atoms with Crippen molar-refractivity contribution in [3.05, 3.63) is 0 Å². The maximum absolute atomic E-state index is 13.0. The Morgan fingerprint density at radius 3 is 2.00 bits per heavy atom. The van der Waals surface area contributed by atoms with Gasteiger partial charge in [0.1, 0.15) is 0 Å². The molecule has 0 bridgehead atoms. The van der Waals surface area contributed by atoms with Crippen molar-refractivity contribution in [2.24, 2.45) is 0 Å². The molecule has 0 aromatic rings.